The number of anilines is 1. The highest BCUT2D eigenvalue weighted by molar-refractivity contribution is 7.13. The van der Waals surface area contributed by atoms with Crippen LogP contribution in [-0.2, 0) is 4.79 Å². The first kappa shape index (κ1) is 12.4. The normalized spacial score (nSPS) is 12.1. The lowest BCUT2D eigenvalue weighted by Crippen LogP contribution is -2.40. The number of nitrogen functional groups attached to an aromatic ring is 1. The smallest absolute Gasteiger partial charge is 0.326 e. The summed E-state index contributed by atoms with van der Waals surface area (Å²) in [6, 6.07) is -0.875. The van der Waals surface area contributed by atoms with E-state index in [-0.39, 0.29) is 10.8 Å². The Kier molecular flexibility index (Phi) is 4.24. The van der Waals surface area contributed by atoms with Crippen molar-refractivity contribution in [3.05, 3.63) is 11.1 Å². The van der Waals surface area contributed by atoms with Gasteiger partial charge in [0.25, 0.3) is 5.91 Å². The van der Waals surface area contributed by atoms with Crippen LogP contribution in [0, 0.1) is 0 Å². The lowest BCUT2D eigenvalue weighted by Gasteiger charge is -2.12. The highest BCUT2D eigenvalue weighted by atomic mass is 32.1. The second-order valence-electron chi connectivity index (χ2n) is 3.22. The summed E-state index contributed by atoms with van der Waals surface area (Å²) in [5.74, 6) is -1.55. The number of rotatable bonds is 5. The maximum absolute atomic E-state index is 11.6. The summed E-state index contributed by atoms with van der Waals surface area (Å²) in [6.45, 7) is 1.85. The van der Waals surface area contributed by atoms with Crippen LogP contribution in [0.5, 0.6) is 0 Å². The summed E-state index contributed by atoms with van der Waals surface area (Å²) in [7, 11) is 0. The van der Waals surface area contributed by atoms with E-state index in [1.807, 2.05) is 6.92 Å². The third kappa shape index (κ3) is 3.20. The van der Waals surface area contributed by atoms with Crippen LogP contribution in [0.1, 0.15) is 30.3 Å². The van der Waals surface area contributed by atoms with E-state index in [9.17, 15) is 9.59 Å². The summed E-state index contributed by atoms with van der Waals surface area (Å²) in [5, 5.41) is 13.0. The summed E-state index contributed by atoms with van der Waals surface area (Å²) in [6.07, 6.45) is 1.07. The number of hydrogen-bond acceptors (Lipinski definition) is 5. The molecule has 16 heavy (non-hydrogen) atoms. The van der Waals surface area contributed by atoms with Gasteiger partial charge in [-0.25, -0.2) is 9.78 Å². The van der Waals surface area contributed by atoms with E-state index in [4.69, 9.17) is 10.8 Å². The number of nitrogens with zero attached hydrogens (tertiary/aromatic N) is 1. The monoisotopic (exact) mass is 243 g/mol. The second-order valence-corrected chi connectivity index (χ2v) is 4.11. The quantitative estimate of drug-likeness (QED) is 0.706. The number of thiazole rings is 1. The Hall–Kier alpha value is -1.63. The number of amides is 1. The molecule has 4 N–H and O–H groups in total. The van der Waals surface area contributed by atoms with E-state index in [0.29, 0.717) is 12.8 Å². The largest absolute Gasteiger partial charge is 0.480 e. The molecule has 1 atom stereocenters. The van der Waals surface area contributed by atoms with Crippen molar-refractivity contribution < 1.29 is 14.7 Å². The lowest BCUT2D eigenvalue weighted by molar-refractivity contribution is -0.139. The second kappa shape index (κ2) is 5.45. The Labute approximate surface area is 96.5 Å². The molecule has 88 valence electrons. The fourth-order valence-corrected chi connectivity index (χ4v) is 1.71. The molecule has 0 fully saturated rings. The molecular formula is C9H13N3O3S. The molecule has 1 unspecified atom stereocenters. The standard InChI is InChI=1S/C9H13N3O3S/c1-2-3-5(8(14)15)11-7(13)6-4-16-9(10)12-6/h4-5H,2-3H2,1H3,(H2,10,12)(H,11,13)(H,14,15). The number of carboxylic acid groups (broad SMARTS) is 1. The van der Waals surface area contributed by atoms with Crippen LogP contribution in [0.2, 0.25) is 0 Å². The van der Waals surface area contributed by atoms with Gasteiger partial charge >= 0.3 is 5.97 Å². The molecule has 0 aliphatic heterocycles. The van der Waals surface area contributed by atoms with Crippen molar-refractivity contribution in [2.45, 2.75) is 25.8 Å². The number of nitrogens with two attached hydrogens (primary N) is 1. The Balaban J connectivity index is 2.65. The maximum atomic E-state index is 11.6. The van der Waals surface area contributed by atoms with E-state index in [0.717, 1.165) is 11.3 Å². The highest BCUT2D eigenvalue weighted by Gasteiger charge is 2.20. The minimum absolute atomic E-state index is 0.157. The van der Waals surface area contributed by atoms with Crippen molar-refractivity contribution in [1.29, 1.82) is 0 Å². The van der Waals surface area contributed by atoms with Crippen LogP contribution in [0.15, 0.2) is 5.38 Å². The molecule has 1 aromatic rings. The van der Waals surface area contributed by atoms with Gasteiger partial charge in [0.15, 0.2) is 5.13 Å². The maximum Gasteiger partial charge on any atom is 0.326 e. The van der Waals surface area contributed by atoms with Crippen molar-refractivity contribution >= 4 is 28.3 Å². The first-order valence-electron chi connectivity index (χ1n) is 4.79. The number of carbonyl (C=O) groups excluding carboxylic acids is 1. The molecule has 7 heteroatoms. The number of aliphatic carboxylic acids is 1. The molecule has 0 radical (unpaired) electrons. The van der Waals surface area contributed by atoms with Gasteiger partial charge in [-0.1, -0.05) is 13.3 Å². The molecule has 1 aromatic heterocycles. The molecule has 0 saturated carbocycles. The molecule has 1 amide bonds. The van der Waals surface area contributed by atoms with Gasteiger partial charge in [0.2, 0.25) is 0 Å². The van der Waals surface area contributed by atoms with Gasteiger partial charge in [-0.2, -0.15) is 0 Å². The predicted molar refractivity (Wildman–Crippen MR) is 60.3 cm³/mol. The first-order chi connectivity index (χ1) is 7.54. The Morgan fingerprint density at radius 1 is 1.69 bits per heavy atom. The highest BCUT2D eigenvalue weighted by Crippen LogP contribution is 2.11. The minimum Gasteiger partial charge on any atom is -0.480 e. The van der Waals surface area contributed by atoms with Gasteiger partial charge < -0.3 is 16.2 Å². The Morgan fingerprint density at radius 3 is 2.81 bits per heavy atom. The Morgan fingerprint density at radius 2 is 2.38 bits per heavy atom. The summed E-state index contributed by atoms with van der Waals surface area (Å²) >= 11 is 1.14. The number of aromatic nitrogens is 1. The summed E-state index contributed by atoms with van der Waals surface area (Å²) in [5.41, 5.74) is 5.53. The van der Waals surface area contributed by atoms with Crippen LogP contribution in [0.3, 0.4) is 0 Å². The topological polar surface area (TPSA) is 105 Å². The van der Waals surface area contributed by atoms with Gasteiger partial charge in [0.1, 0.15) is 11.7 Å². The zero-order valence-corrected chi connectivity index (χ0v) is 9.58. The van der Waals surface area contributed by atoms with E-state index in [1.54, 1.807) is 0 Å². The SMILES string of the molecule is CCCC(NC(=O)c1csc(N)n1)C(=O)O. The molecule has 0 bridgehead atoms. The molecule has 0 aliphatic carbocycles. The van der Waals surface area contributed by atoms with Gasteiger partial charge in [-0.05, 0) is 6.42 Å². The first-order valence-corrected chi connectivity index (χ1v) is 5.67. The number of carboxylic acids is 1. The van der Waals surface area contributed by atoms with E-state index >= 15 is 0 Å². The van der Waals surface area contributed by atoms with Crippen LogP contribution >= 0.6 is 11.3 Å². The van der Waals surface area contributed by atoms with Crippen molar-refractivity contribution in [3.8, 4) is 0 Å². The molecule has 0 spiro atoms. The fourth-order valence-electron chi connectivity index (χ4n) is 1.17. The van der Waals surface area contributed by atoms with E-state index in [2.05, 4.69) is 10.3 Å². The van der Waals surface area contributed by atoms with Crippen molar-refractivity contribution in [2.75, 3.05) is 5.73 Å². The zero-order chi connectivity index (χ0) is 12.1. The fraction of sp³-hybridized carbons (Fsp3) is 0.444. The third-order valence-electron chi connectivity index (χ3n) is 1.94. The number of nitrogens with one attached hydrogen (secondary N) is 1. The van der Waals surface area contributed by atoms with Crippen molar-refractivity contribution in [3.63, 3.8) is 0 Å². The van der Waals surface area contributed by atoms with Crippen molar-refractivity contribution in [1.82, 2.24) is 10.3 Å². The van der Waals surface area contributed by atoms with Crippen LogP contribution in [-0.4, -0.2) is 28.0 Å². The molecule has 0 aliphatic rings. The van der Waals surface area contributed by atoms with Crippen molar-refractivity contribution in [2.24, 2.45) is 0 Å². The van der Waals surface area contributed by atoms with E-state index in [1.165, 1.54) is 5.38 Å². The Bertz CT molecular complexity index is 391. The molecular weight excluding hydrogens is 230 g/mol. The van der Waals surface area contributed by atoms with Gasteiger partial charge in [0.05, 0.1) is 0 Å². The predicted octanol–water partition coefficient (Wildman–Crippen LogP) is 0.708. The van der Waals surface area contributed by atoms with E-state index < -0.39 is 17.9 Å². The van der Waals surface area contributed by atoms with Crippen LogP contribution < -0.4 is 11.1 Å². The lowest BCUT2D eigenvalue weighted by atomic mass is 10.1. The third-order valence-corrected chi connectivity index (χ3v) is 2.61. The molecule has 0 aromatic carbocycles. The molecule has 1 heterocycles. The van der Waals surface area contributed by atoms with Gasteiger partial charge in [-0.15, -0.1) is 11.3 Å². The van der Waals surface area contributed by atoms with Crippen LogP contribution in [0.25, 0.3) is 0 Å². The zero-order valence-electron chi connectivity index (χ0n) is 8.77. The average Bonchev–Trinajstić information content (AvgIpc) is 2.64. The van der Waals surface area contributed by atoms with Gasteiger partial charge in [0, 0.05) is 5.38 Å². The summed E-state index contributed by atoms with van der Waals surface area (Å²) in [4.78, 5) is 26.1. The molecule has 0 saturated heterocycles. The summed E-state index contributed by atoms with van der Waals surface area (Å²) < 4.78 is 0. The number of hydrogen-bond donors (Lipinski definition) is 3. The van der Waals surface area contributed by atoms with Crippen LogP contribution in [0.4, 0.5) is 5.13 Å². The minimum atomic E-state index is -1.04. The molecule has 6 nitrogen and oxygen atoms in total. The number of carbonyl (C=O) groups is 2. The van der Waals surface area contributed by atoms with Gasteiger partial charge in [-0.3, -0.25) is 4.79 Å². The average molecular weight is 243 g/mol. The molecule has 1 rings (SSSR count).